The van der Waals surface area contributed by atoms with Gasteiger partial charge in [-0.1, -0.05) is 54.6 Å². The highest BCUT2D eigenvalue weighted by molar-refractivity contribution is 5.91. The summed E-state index contributed by atoms with van der Waals surface area (Å²) in [4.78, 5) is 38.9. The summed E-state index contributed by atoms with van der Waals surface area (Å²) >= 11 is 0. The van der Waals surface area contributed by atoms with Crippen LogP contribution in [0, 0.1) is 0 Å². The van der Waals surface area contributed by atoms with Gasteiger partial charge in [-0.25, -0.2) is 14.4 Å². The number of hydrogen-bond acceptors (Lipinski definition) is 9. The molecule has 7 rings (SSSR count). The predicted molar refractivity (Wildman–Crippen MR) is 125 cm³/mol. The first kappa shape index (κ1) is 23.4. The number of esters is 3. The van der Waals surface area contributed by atoms with E-state index in [1.807, 2.05) is 0 Å². The fourth-order valence-electron chi connectivity index (χ4n) is 4.77. The lowest BCUT2D eigenvalue weighted by molar-refractivity contribution is -0.478. The SMILES string of the molecule is O=C(OC1C2OC3OC1C(OC(=O)c1ccccc1)C(O3)C2OC(=O)c1ccccc1)c1ccccc1. The minimum Gasteiger partial charge on any atom is -0.453 e. The zero-order valence-corrected chi connectivity index (χ0v) is 19.4. The normalized spacial score (nSPS) is 29.4. The lowest BCUT2D eigenvalue weighted by Gasteiger charge is -2.57. The molecule has 3 aromatic rings. The molecule has 0 aromatic heterocycles. The fourth-order valence-corrected chi connectivity index (χ4v) is 4.77. The molecule has 0 atom stereocenters. The Kier molecular flexibility index (Phi) is 6.17. The molecular weight excluding hydrogens is 480 g/mol. The first-order chi connectivity index (χ1) is 18.1. The number of benzene rings is 3. The Hall–Kier alpha value is -4.05. The van der Waals surface area contributed by atoms with Crippen LogP contribution in [0.3, 0.4) is 0 Å². The van der Waals surface area contributed by atoms with Gasteiger partial charge in [-0.3, -0.25) is 0 Å². The van der Waals surface area contributed by atoms with Crippen LogP contribution in [-0.2, 0) is 28.4 Å². The molecule has 188 valence electrons. The van der Waals surface area contributed by atoms with Gasteiger partial charge in [-0.2, -0.15) is 0 Å². The highest BCUT2D eigenvalue weighted by atomic mass is 16.9. The monoisotopic (exact) mass is 502 g/mol. The van der Waals surface area contributed by atoms with Crippen LogP contribution in [0.5, 0.6) is 0 Å². The maximum atomic E-state index is 13.0. The van der Waals surface area contributed by atoms with Crippen LogP contribution in [0.4, 0.5) is 0 Å². The van der Waals surface area contributed by atoms with Crippen LogP contribution < -0.4 is 0 Å². The maximum absolute atomic E-state index is 13.0. The molecule has 3 heterocycles. The van der Waals surface area contributed by atoms with Gasteiger partial charge >= 0.3 is 17.9 Å². The lowest BCUT2D eigenvalue weighted by atomic mass is 9.82. The van der Waals surface area contributed by atoms with E-state index in [4.69, 9.17) is 28.4 Å². The Labute approximate surface area is 211 Å². The molecule has 4 bridgehead atoms. The van der Waals surface area contributed by atoms with Crippen molar-refractivity contribution in [1.29, 1.82) is 0 Å². The van der Waals surface area contributed by atoms with E-state index in [9.17, 15) is 14.4 Å². The molecule has 4 aliphatic rings. The molecule has 0 unspecified atom stereocenters. The average Bonchev–Trinajstić information content (AvgIpc) is 2.95. The van der Waals surface area contributed by atoms with Crippen LogP contribution in [0.1, 0.15) is 31.1 Å². The summed E-state index contributed by atoms with van der Waals surface area (Å²) in [6.45, 7) is -1.08. The number of ether oxygens (including phenoxy) is 6. The Morgan fingerprint density at radius 2 is 0.730 bits per heavy atom. The Bertz CT molecular complexity index is 1110. The maximum Gasteiger partial charge on any atom is 0.338 e. The van der Waals surface area contributed by atoms with Gasteiger partial charge < -0.3 is 28.4 Å². The van der Waals surface area contributed by atoms with Crippen molar-refractivity contribution < 1.29 is 42.8 Å². The summed E-state index contributed by atoms with van der Waals surface area (Å²) in [5.41, 5.74) is 0.967. The summed E-state index contributed by atoms with van der Waals surface area (Å²) < 4.78 is 34.9. The van der Waals surface area contributed by atoms with Crippen LogP contribution in [0.15, 0.2) is 91.0 Å². The Morgan fingerprint density at radius 1 is 0.459 bits per heavy atom. The number of rotatable bonds is 6. The molecule has 9 heteroatoms. The molecule has 37 heavy (non-hydrogen) atoms. The molecule has 9 nitrogen and oxygen atoms in total. The van der Waals surface area contributed by atoms with E-state index in [1.165, 1.54) is 0 Å². The Balaban J connectivity index is 1.31. The number of carbonyl (C=O) groups is 3. The minimum atomic E-state index is -1.08. The van der Waals surface area contributed by atoms with Gasteiger partial charge in [-0.05, 0) is 36.4 Å². The largest absolute Gasteiger partial charge is 0.453 e. The summed E-state index contributed by atoms with van der Waals surface area (Å²) in [5, 5.41) is 0. The molecule has 3 aromatic carbocycles. The molecule has 1 saturated carbocycles. The fraction of sp³-hybridized carbons (Fsp3) is 0.250. The van der Waals surface area contributed by atoms with Crippen molar-refractivity contribution in [2.75, 3.05) is 0 Å². The van der Waals surface area contributed by atoms with E-state index in [0.717, 1.165) is 0 Å². The zero-order valence-electron chi connectivity index (χ0n) is 19.4. The predicted octanol–water partition coefficient (Wildman–Crippen LogP) is 3.14. The molecule has 3 aliphatic heterocycles. The topological polar surface area (TPSA) is 107 Å². The summed E-state index contributed by atoms with van der Waals surface area (Å²) in [7, 11) is 0. The Morgan fingerprint density at radius 3 is 1.00 bits per heavy atom. The summed E-state index contributed by atoms with van der Waals surface area (Å²) in [6.07, 6.45) is -5.79. The molecule has 0 amide bonds. The first-order valence-corrected chi connectivity index (χ1v) is 11.8. The second kappa shape index (κ2) is 9.78. The van der Waals surface area contributed by atoms with Gasteiger partial charge in [-0.15, -0.1) is 0 Å². The molecule has 3 saturated heterocycles. The van der Waals surface area contributed by atoms with Crippen LogP contribution in [-0.4, -0.2) is 61.0 Å². The molecular formula is C28H22O9. The third kappa shape index (κ3) is 4.48. The van der Waals surface area contributed by atoms with Crippen molar-refractivity contribution in [3.63, 3.8) is 0 Å². The van der Waals surface area contributed by atoms with Gasteiger partial charge in [0.15, 0.2) is 18.3 Å². The van der Waals surface area contributed by atoms with Crippen molar-refractivity contribution in [2.45, 2.75) is 43.1 Å². The van der Waals surface area contributed by atoms with Gasteiger partial charge in [0.25, 0.3) is 6.48 Å². The van der Waals surface area contributed by atoms with Gasteiger partial charge in [0.2, 0.25) is 0 Å². The summed E-state index contributed by atoms with van der Waals surface area (Å²) in [6, 6.07) is 25.3. The van der Waals surface area contributed by atoms with Crippen LogP contribution >= 0.6 is 0 Å². The average molecular weight is 502 g/mol. The first-order valence-electron chi connectivity index (χ1n) is 11.8. The van der Waals surface area contributed by atoms with E-state index in [1.54, 1.807) is 91.0 Å². The smallest absolute Gasteiger partial charge is 0.338 e. The number of carbonyl (C=O) groups excluding carboxylic acids is 3. The van der Waals surface area contributed by atoms with E-state index >= 15 is 0 Å². The number of hydrogen-bond donors (Lipinski definition) is 0. The third-order valence-electron chi connectivity index (χ3n) is 6.51. The van der Waals surface area contributed by atoms with E-state index in [0.29, 0.717) is 16.7 Å². The second-order valence-electron chi connectivity index (χ2n) is 8.80. The van der Waals surface area contributed by atoms with Crippen molar-refractivity contribution >= 4 is 17.9 Å². The van der Waals surface area contributed by atoms with Crippen LogP contribution in [0.2, 0.25) is 0 Å². The lowest BCUT2D eigenvalue weighted by Crippen LogP contribution is -2.76. The second-order valence-corrected chi connectivity index (χ2v) is 8.80. The molecule has 4 fully saturated rings. The molecule has 0 N–H and O–H groups in total. The van der Waals surface area contributed by atoms with Gasteiger partial charge in [0.05, 0.1) is 16.7 Å². The van der Waals surface area contributed by atoms with Crippen molar-refractivity contribution in [3.8, 4) is 0 Å². The van der Waals surface area contributed by atoms with Crippen molar-refractivity contribution in [2.24, 2.45) is 0 Å². The van der Waals surface area contributed by atoms with Crippen molar-refractivity contribution in [3.05, 3.63) is 108 Å². The van der Waals surface area contributed by atoms with E-state index in [-0.39, 0.29) is 0 Å². The highest BCUT2D eigenvalue weighted by Crippen LogP contribution is 2.44. The molecule has 0 spiro atoms. The van der Waals surface area contributed by atoms with Crippen molar-refractivity contribution in [1.82, 2.24) is 0 Å². The quantitative estimate of drug-likeness (QED) is 0.371. The van der Waals surface area contributed by atoms with E-state index in [2.05, 4.69) is 0 Å². The van der Waals surface area contributed by atoms with Gasteiger partial charge in [0.1, 0.15) is 18.3 Å². The molecule has 0 radical (unpaired) electrons. The standard InChI is InChI=1S/C28H22O9/c29-25(16-10-4-1-5-11-16)32-19-22-20(33-26(30)17-12-6-2-7-13-17)24-21(23(19)36-28(35-22)37-24)34-27(31)18-14-8-3-9-15-18/h1-15,19-24,28H. The van der Waals surface area contributed by atoms with Gasteiger partial charge in [0, 0.05) is 0 Å². The zero-order chi connectivity index (χ0) is 25.4. The highest BCUT2D eigenvalue weighted by Gasteiger charge is 2.66. The van der Waals surface area contributed by atoms with E-state index < -0.39 is 61.0 Å². The minimum absolute atomic E-state index is 0.322. The third-order valence-corrected chi connectivity index (χ3v) is 6.51. The molecule has 1 aliphatic carbocycles. The summed E-state index contributed by atoms with van der Waals surface area (Å²) in [5.74, 6) is -1.85. The van der Waals surface area contributed by atoms with Crippen LogP contribution in [0.25, 0.3) is 0 Å².